The van der Waals surface area contributed by atoms with Gasteiger partial charge in [0.15, 0.2) is 5.65 Å². The van der Waals surface area contributed by atoms with Gasteiger partial charge in [-0.25, -0.2) is 9.97 Å². The van der Waals surface area contributed by atoms with Crippen LogP contribution in [0.15, 0.2) is 12.3 Å². The normalized spacial score (nSPS) is 19.2. The van der Waals surface area contributed by atoms with Crippen molar-refractivity contribution in [1.29, 1.82) is 0 Å². The summed E-state index contributed by atoms with van der Waals surface area (Å²) in [6.45, 7) is 7.37. The predicted octanol–water partition coefficient (Wildman–Crippen LogP) is 3.38. The second-order valence-corrected chi connectivity index (χ2v) is 6.95. The molecule has 114 valence electrons. The SMILES string of the molecule is Cc1cnc2c(c1)nc(C(C)Cl)n2CC1CCN(C)CC1. The van der Waals surface area contributed by atoms with Gasteiger partial charge in [0.05, 0.1) is 5.38 Å². The topological polar surface area (TPSA) is 34.0 Å². The monoisotopic (exact) mass is 306 g/mol. The third-order valence-electron chi connectivity index (χ3n) is 4.39. The highest BCUT2D eigenvalue weighted by atomic mass is 35.5. The average Bonchev–Trinajstić information content (AvgIpc) is 2.79. The third-order valence-corrected chi connectivity index (χ3v) is 4.58. The summed E-state index contributed by atoms with van der Waals surface area (Å²) in [5, 5.41) is -0.0919. The standard InChI is InChI=1S/C16H23ClN4/c1-11-8-14-16(18-9-11)21(15(19-14)12(2)17)10-13-4-6-20(3)7-5-13/h8-9,12-13H,4-7,10H2,1-3H3. The summed E-state index contributed by atoms with van der Waals surface area (Å²) in [7, 11) is 2.19. The number of aromatic nitrogens is 3. The Balaban J connectivity index is 1.93. The van der Waals surface area contributed by atoms with E-state index >= 15 is 0 Å². The van der Waals surface area contributed by atoms with Gasteiger partial charge in [-0.05, 0) is 64.4 Å². The molecule has 0 spiro atoms. The maximum Gasteiger partial charge on any atom is 0.160 e. The fraction of sp³-hybridized carbons (Fsp3) is 0.625. The fourth-order valence-electron chi connectivity index (χ4n) is 3.12. The average molecular weight is 307 g/mol. The van der Waals surface area contributed by atoms with E-state index in [-0.39, 0.29) is 5.38 Å². The van der Waals surface area contributed by atoms with Crippen molar-refractivity contribution in [3.8, 4) is 0 Å². The molecular weight excluding hydrogens is 284 g/mol. The van der Waals surface area contributed by atoms with E-state index in [0.29, 0.717) is 5.92 Å². The van der Waals surface area contributed by atoms with E-state index in [2.05, 4.69) is 27.6 Å². The van der Waals surface area contributed by atoms with Gasteiger partial charge in [-0.1, -0.05) is 0 Å². The number of likely N-dealkylation sites (tertiary alicyclic amines) is 1. The second-order valence-electron chi connectivity index (χ2n) is 6.30. The number of pyridine rings is 1. The largest absolute Gasteiger partial charge is 0.311 e. The van der Waals surface area contributed by atoms with Gasteiger partial charge >= 0.3 is 0 Å². The summed E-state index contributed by atoms with van der Waals surface area (Å²) < 4.78 is 2.24. The Morgan fingerprint density at radius 2 is 2.10 bits per heavy atom. The molecule has 0 bridgehead atoms. The zero-order valence-corrected chi connectivity index (χ0v) is 13.8. The first-order valence-electron chi connectivity index (χ1n) is 7.70. The van der Waals surface area contributed by atoms with Crippen molar-refractivity contribution in [2.24, 2.45) is 5.92 Å². The maximum atomic E-state index is 6.34. The van der Waals surface area contributed by atoms with Gasteiger partial charge in [0.1, 0.15) is 11.3 Å². The van der Waals surface area contributed by atoms with Crippen LogP contribution in [0.4, 0.5) is 0 Å². The quantitative estimate of drug-likeness (QED) is 0.815. The van der Waals surface area contributed by atoms with Crippen LogP contribution < -0.4 is 0 Å². The minimum Gasteiger partial charge on any atom is -0.311 e. The molecule has 0 radical (unpaired) electrons. The van der Waals surface area contributed by atoms with Crippen molar-refractivity contribution < 1.29 is 0 Å². The molecule has 4 nitrogen and oxygen atoms in total. The molecule has 1 aliphatic rings. The van der Waals surface area contributed by atoms with Crippen LogP contribution in [0.1, 0.15) is 36.5 Å². The lowest BCUT2D eigenvalue weighted by molar-refractivity contribution is 0.205. The lowest BCUT2D eigenvalue weighted by Gasteiger charge is -2.29. The molecule has 1 saturated heterocycles. The van der Waals surface area contributed by atoms with Crippen LogP contribution in [0.25, 0.3) is 11.2 Å². The van der Waals surface area contributed by atoms with Crippen molar-refractivity contribution in [2.45, 2.75) is 38.6 Å². The summed E-state index contributed by atoms with van der Waals surface area (Å²) in [6.07, 6.45) is 4.38. The second kappa shape index (κ2) is 5.93. The minimum absolute atomic E-state index is 0.0919. The molecular formula is C16H23ClN4. The number of hydrogen-bond donors (Lipinski definition) is 0. The summed E-state index contributed by atoms with van der Waals surface area (Å²) in [4.78, 5) is 11.7. The Hall–Kier alpha value is -1.13. The molecule has 2 aromatic heterocycles. The number of alkyl halides is 1. The molecule has 1 aliphatic heterocycles. The lowest BCUT2D eigenvalue weighted by Crippen LogP contribution is -2.32. The number of rotatable bonds is 3. The number of aryl methyl sites for hydroxylation is 1. The molecule has 3 rings (SSSR count). The van der Waals surface area contributed by atoms with Crippen LogP contribution >= 0.6 is 11.6 Å². The van der Waals surface area contributed by atoms with Crippen molar-refractivity contribution in [1.82, 2.24) is 19.4 Å². The van der Waals surface area contributed by atoms with E-state index in [1.807, 2.05) is 20.0 Å². The predicted molar refractivity (Wildman–Crippen MR) is 86.8 cm³/mol. The first kappa shape index (κ1) is 14.8. The summed E-state index contributed by atoms with van der Waals surface area (Å²) in [5.74, 6) is 1.64. The van der Waals surface area contributed by atoms with E-state index in [9.17, 15) is 0 Å². The molecule has 5 heteroatoms. The molecule has 0 aromatic carbocycles. The molecule has 1 atom stereocenters. The third kappa shape index (κ3) is 3.06. The number of nitrogens with zero attached hydrogens (tertiary/aromatic N) is 4. The molecule has 3 heterocycles. The highest BCUT2D eigenvalue weighted by molar-refractivity contribution is 6.20. The smallest absolute Gasteiger partial charge is 0.160 e. The molecule has 21 heavy (non-hydrogen) atoms. The van der Waals surface area contributed by atoms with Gasteiger partial charge in [-0.3, -0.25) is 0 Å². The van der Waals surface area contributed by atoms with E-state index < -0.39 is 0 Å². The Bertz CT molecular complexity index is 626. The first-order chi connectivity index (χ1) is 10.0. The molecule has 1 unspecified atom stereocenters. The molecule has 0 N–H and O–H groups in total. The maximum absolute atomic E-state index is 6.34. The van der Waals surface area contributed by atoms with Crippen LogP contribution in [0.5, 0.6) is 0 Å². The Labute approximate surface area is 131 Å². The van der Waals surface area contributed by atoms with E-state index in [1.54, 1.807) is 0 Å². The fourth-order valence-corrected chi connectivity index (χ4v) is 3.28. The summed E-state index contributed by atoms with van der Waals surface area (Å²) in [6, 6.07) is 2.09. The van der Waals surface area contributed by atoms with Crippen LogP contribution in [0.2, 0.25) is 0 Å². The van der Waals surface area contributed by atoms with Crippen LogP contribution in [0.3, 0.4) is 0 Å². The van der Waals surface area contributed by atoms with Crippen molar-refractivity contribution in [3.05, 3.63) is 23.7 Å². The highest BCUT2D eigenvalue weighted by Crippen LogP contribution is 2.27. The molecule has 0 saturated carbocycles. The molecule has 0 amide bonds. The Kier molecular flexibility index (Phi) is 4.18. The molecule has 1 fully saturated rings. The highest BCUT2D eigenvalue weighted by Gasteiger charge is 2.22. The summed E-state index contributed by atoms with van der Waals surface area (Å²) >= 11 is 6.34. The van der Waals surface area contributed by atoms with E-state index in [0.717, 1.165) is 29.1 Å². The van der Waals surface area contributed by atoms with Crippen molar-refractivity contribution in [3.63, 3.8) is 0 Å². The van der Waals surface area contributed by atoms with E-state index in [1.165, 1.54) is 25.9 Å². The zero-order chi connectivity index (χ0) is 15.0. The van der Waals surface area contributed by atoms with E-state index in [4.69, 9.17) is 16.6 Å². The molecule has 2 aromatic rings. The molecule has 0 aliphatic carbocycles. The van der Waals surface area contributed by atoms with Crippen LogP contribution in [-0.2, 0) is 6.54 Å². The number of halogens is 1. The van der Waals surface area contributed by atoms with Gasteiger partial charge in [0.2, 0.25) is 0 Å². The first-order valence-corrected chi connectivity index (χ1v) is 8.13. The Morgan fingerprint density at radius 3 is 2.76 bits per heavy atom. The van der Waals surface area contributed by atoms with Gasteiger partial charge in [0, 0.05) is 12.7 Å². The Morgan fingerprint density at radius 1 is 1.38 bits per heavy atom. The van der Waals surface area contributed by atoms with Crippen molar-refractivity contribution in [2.75, 3.05) is 20.1 Å². The zero-order valence-electron chi connectivity index (χ0n) is 13.0. The van der Waals surface area contributed by atoms with Gasteiger partial charge in [-0.15, -0.1) is 11.6 Å². The summed E-state index contributed by atoms with van der Waals surface area (Å²) in [5.41, 5.74) is 3.08. The minimum atomic E-state index is -0.0919. The van der Waals surface area contributed by atoms with Crippen LogP contribution in [0, 0.1) is 12.8 Å². The number of imidazole rings is 1. The van der Waals surface area contributed by atoms with Gasteiger partial charge in [0.25, 0.3) is 0 Å². The van der Waals surface area contributed by atoms with Gasteiger partial charge in [-0.2, -0.15) is 0 Å². The van der Waals surface area contributed by atoms with Gasteiger partial charge < -0.3 is 9.47 Å². The van der Waals surface area contributed by atoms with Crippen molar-refractivity contribution >= 4 is 22.8 Å². The number of fused-ring (bicyclic) bond motifs is 1. The number of piperidine rings is 1. The van der Waals surface area contributed by atoms with Crippen LogP contribution in [-0.4, -0.2) is 39.6 Å². The lowest BCUT2D eigenvalue weighted by atomic mass is 9.97. The number of hydrogen-bond acceptors (Lipinski definition) is 3.